The predicted molar refractivity (Wildman–Crippen MR) is 85.0 cm³/mol. The van der Waals surface area contributed by atoms with E-state index < -0.39 is 11.9 Å². The van der Waals surface area contributed by atoms with Crippen molar-refractivity contribution in [1.82, 2.24) is 5.32 Å². The number of nitrogens with zero attached hydrogens (tertiary/aromatic N) is 1. The van der Waals surface area contributed by atoms with Crippen molar-refractivity contribution in [2.75, 3.05) is 39.3 Å². The largest absolute Gasteiger partial charge is 0.497 e. The van der Waals surface area contributed by atoms with Crippen LogP contribution in [0.4, 0.5) is 5.69 Å². The molecule has 1 aromatic rings. The minimum absolute atomic E-state index is 0.0629. The van der Waals surface area contributed by atoms with Gasteiger partial charge in [-0.25, -0.2) is 0 Å². The lowest BCUT2D eigenvalue weighted by molar-refractivity contribution is -0.141. The van der Waals surface area contributed by atoms with Crippen molar-refractivity contribution >= 4 is 23.5 Å². The SMILES string of the molecule is COC(=O)CNC(=O)[C@H]1CC(=O)N(c2cc(OC)ccc2OC)C1. The molecular weight excluding hydrogens is 316 g/mol. The van der Waals surface area contributed by atoms with E-state index in [2.05, 4.69) is 10.1 Å². The summed E-state index contributed by atoms with van der Waals surface area (Å²) in [5, 5.41) is 2.47. The molecule has 0 aromatic heterocycles. The highest BCUT2D eigenvalue weighted by Crippen LogP contribution is 2.35. The second-order valence-electron chi connectivity index (χ2n) is 5.24. The Hall–Kier alpha value is -2.77. The Bertz CT molecular complexity index is 645. The molecular formula is C16H20N2O6. The highest BCUT2D eigenvalue weighted by molar-refractivity contribution is 6.01. The van der Waals surface area contributed by atoms with Gasteiger partial charge in [-0.2, -0.15) is 0 Å². The van der Waals surface area contributed by atoms with Gasteiger partial charge in [0.15, 0.2) is 0 Å². The number of hydrogen-bond donors (Lipinski definition) is 1. The van der Waals surface area contributed by atoms with E-state index in [4.69, 9.17) is 9.47 Å². The molecule has 1 fully saturated rings. The van der Waals surface area contributed by atoms with Crippen LogP contribution in [0.3, 0.4) is 0 Å². The number of amides is 2. The Kier molecular flexibility index (Phi) is 5.62. The molecule has 0 unspecified atom stereocenters. The van der Waals surface area contributed by atoms with Crippen LogP contribution in [0, 0.1) is 5.92 Å². The lowest BCUT2D eigenvalue weighted by atomic mass is 10.1. The zero-order valence-electron chi connectivity index (χ0n) is 13.8. The fraction of sp³-hybridized carbons (Fsp3) is 0.438. The van der Waals surface area contributed by atoms with Crippen LogP contribution < -0.4 is 19.7 Å². The number of esters is 1. The van der Waals surface area contributed by atoms with Crippen LogP contribution in [0.15, 0.2) is 18.2 Å². The number of carbonyl (C=O) groups is 3. The Morgan fingerprint density at radius 3 is 2.62 bits per heavy atom. The molecule has 0 aliphatic carbocycles. The van der Waals surface area contributed by atoms with Crippen molar-refractivity contribution < 1.29 is 28.6 Å². The molecule has 0 radical (unpaired) electrons. The standard InChI is InChI=1S/C16H20N2O6/c1-22-11-4-5-13(23-2)12(7-11)18-9-10(6-14(18)19)16(21)17-8-15(20)24-3/h4-5,7,10H,6,8-9H2,1-3H3,(H,17,21)/t10-/m0/s1. The second-order valence-corrected chi connectivity index (χ2v) is 5.24. The third-order valence-corrected chi connectivity index (χ3v) is 3.81. The first kappa shape index (κ1) is 17.6. The van der Waals surface area contributed by atoms with Gasteiger partial charge in [0.1, 0.15) is 18.0 Å². The van der Waals surface area contributed by atoms with Crippen molar-refractivity contribution in [2.24, 2.45) is 5.92 Å². The number of ether oxygens (including phenoxy) is 3. The molecule has 8 nitrogen and oxygen atoms in total. The van der Waals surface area contributed by atoms with Crippen LogP contribution in [-0.2, 0) is 19.1 Å². The molecule has 130 valence electrons. The summed E-state index contributed by atoms with van der Waals surface area (Å²) >= 11 is 0. The zero-order chi connectivity index (χ0) is 17.7. The van der Waals surface area contributed by atoms with E-state index in [9.17, 15) is 14.4 Å². The average Bonchev–Trinajstić information content (AvgIpc) is 3.00. The van der Waals surface area contributed by atoms with Crippen molar-refractivity contribution in [3.8, 4) is 11.5 Å². The zero-order valence-corrected chi connectivity index (χ0v) is 13.8. The van der Waals surface area contributed by atoms with E-state index in [0.29, 0.717) is 17.2 Å². The van der Waals surface area contributed by atoms with E-state index in [1.165, 1.54) is 26.2 Å². The topological polar surface area (TPSA) is 94.2 Å². The van der Waals surface area contributed by atoms with Crippen LogP contribution in [0.25, 0.3) is 0 Å². The molecule has 2 rings (SSSR count). The molecule has 0 spiro atoms. The fourth-order valence-electron chi connectivity index (χ4n) is 2.50. The first-order valence-electron chi connectivity index (χ1n) is 7.37. The summed E-state index contributed by atoms with van der Waals surface area (Å²) in [7, 11) is 4.28. The molecule has 1 N–H and O–H groups in total. The molecule has 0 saturated carbocycles. The maximum Gasteiger partial charge on any atom is 0.325 e. The third-order valence-electron chi connectivity index (χ3n) is 3.81. The van der Waals surface area contributed by atoms with E-state index in [0.717, 1.165) is 0 Å². The summed E-state index contributed by atoms with van der Waals surface area (Å²) < 4.78 is 14.9. The van der Waals surface area contributed by atoms with Crippen LogP contribution >= 0.6 is 0 Å². The number of rotatable bonds is 6. The predicted octanol–water partition coefficient (Wildman–Crippen LogP) is 0.346. The van der Waals surface area contributed by atoms with E-state index in [-0.39, 0.29) is 31.3 Å². The first-order chi connectivity index (χ1) is 11.5. The molecule has 1 aliphatic heterocycles. The van der Waals surface area contributed by atoms with Gasteiger partial charge in [0.05, 0.1) is 32.9 Å². The number of anilines is 1. The van der Waals surface area contributed by atoms with Gasteiger partial charge in [-0.15, -0.1) is 0 Å². The highest BCUT2D eigenvalue weighted by Gasteiger charge is 2.36. The molecule has 1 aliphatic rings. The smallest absolute Gasteiger partial charge is 0.325 e. The maximum atomic E-state index is 12.3. The van der Waals surface area contributed by atoms with Gasteiger partial charge >= 0.3 is 5.97 Å². The van der Waals surface area contributed by atoms with Gasteiger partial charge < -0.3 is 24.4 Å². The molecule has 1 atom stereocenters. The summed E-state index contributed by atoms with van der Waals surface area (Å²) in [6, 6.07) is 5.11. The van der Waals surface area contributed by atoms with E-state index in [1.54, 1.807) is 18.2 Å². The van der Waals surface area contributed by atoms with Crippen molar-refractivity contribution in [3.63, 3.8) is 0 Å². The lowest BCUT2D eigenvalue weighted by Gasteiger charge is -2.20. The number of hydrogen-bond acceptors (Lipinski definition) is 6. The van der Waals surface area contributed by atoms with Gasteiger partial charge in [-0.1, -0.05) is 0 Å². The summed E-state index contributed by atoms with van der Waals surface area (Å²) in [5.74, 6) is -0.549. The first-order valence-corrected chi connectivity index (χ1v) is 7.37. The van der Waals surface area contributed by atoms with E-state index in [1.807, 2.05) is 0 Å². The second kappa shape index (κ2) is 7.67. The Morgan fingerprint density at radius 1 is 1.25 bits per heavy atom. The fourth-order valence-corrected chi connectivity index (χ4v) is 2.50. The summed E-state index contributed by atoms with van der Waals surface area (Å²) in [5.41, 5.74) is 0.546. The quantitative estimate of drug-likeness (QED) is 0.753. The molecule has 2 amide bonds. The number of nitrogens with one attached hydrogen (secondary N) is 1. The van der Waals surface area contributed by atoms with Gasteiger partial charge in [0.2, 0.25) is 11.8 Å². The molecule has 1 heterocycles. The highest BCUT2D eigenvalue weighted by atomic mass is 16.5. The third kappa shape index (κ3) is 3.76. The Labute approximate surface area is 139 Å². The van der Waals surface area contributed by atoms with Crippen LogP contribution in [0.5, 0.6) is 11.5 Å². The van der Waals surface area contributed by atoms with E-state index >= 15 is 0 Å². The normalized spacial score (nSPS) is 16.7. The van der Waals surface area contributed by atoms with Crippen LogP contribution in [0.2, 0.25) is 0 Å². The van der Waals surface area contributed by atoms with Gasteiger partial charge in [-0.3, -0.25) is 14.4 Å². The molecule has 0 bridgehead atoms. The molecule has 1 aromatic carbocycles. The molecule has 24 heavy (non-hydrogen) atoms. The van der Waals surface area contributed by atoms with Crippen molar-refractivity contribution in [3.05, 3.63) is 18.2 Å². The number of benzene rings is 1. The summed E-state index contributed by atoms with van der Waals surface area (Å²) in [6.07, 6.45) is 0.0629. The van der Waals surface area contributed by atoms with Gasteiger partial charge in [0.25, 0.3) is 0 Å². The van der Waals surface area contributed by atoms with Gasteiger partial charge in [-0.05, 0) is 12.1 Å². The molecule has 8 heteroatoms. The van der Waals surface area contributed by atoms with Crippen molar-refractivity contribution in [1.29, 1.82) is 0 Å². The number of methoxy groups -OCH3 is 3. The van der Waals surface area contributed by atoms with Gasteiger partial charge in [0, 0.05) is 19.0 Å². The lowest BCUT2D eigenvalue weighted by Crippen LogP contribution is -2.36. The summed E-state index contributed by atoms with van der Waals surface area (Å²) in [4.78, 5) is 37.0. The Morgan fingerprint density at radius 2 is 2.00 bits per heavy atom. The number of carbonyl (C=O) groups excluding carboxylic acids is 3. The Balaban J connectivity index is 2.12. The minimum atomic E-state index is -0.543. The summed E-state index contributed by atoms with van der Waals surface area (Å²) in [6.45, 7) is -0.0160. The van der Waals surface area contributed by atoms with Crippen molar-refractivity contribution in [2.45, 2.75) is 6.42 Å². The maximum absolute atomic E-state index is 12.3. The monoisotopic (exact) mass is 336 g/mol. The molecule has 1 saturated heterocycles. The minimum Gasteiger partial charge on any atom is -0.497 e. The van der Waals surface area contributed by atoms with Crippen LogP contribution in [0.1, 0.15) is 6.42 Å². The average molecular weight is 336 g/mol. The van der Waals surface area contributed by atoms with Crippen LogP contribution in [-0.4, -0.2) is 52.2 Å².